The molecule has 7 nitrogen and oxygen atoms in total. The van der Waals surface area contributed by atoms with Crippen LogP contribution in [0.25, 0.3) is 33.7 Å². The summed E-state index contributed by atoms with van der Waals surface area (Å²) < 4.78 is 35.6. The van der Waals surface area contributed by atoms with Crippen molar-refractivity contribution in [2.45, 2.75) is 31.8 Å². The zero-order valence-corrected chi connectivity index (χ0v) is 17.5. The van der Waals surface area contributed by atoms with Gasteiger partial charge < -0.3 is 14.8 Å². The number of rotatable bonds is 5. The molecular weight excluding hydrogens is 430 g/mol. The summed E-state index contributed by atoms with van der Waals surface area (Å²) in [7, 11) is 0. The number of aromatic amines is 1. The smallest absolute Gasteiger partial charge is 0.306 e. The minimum absolute atomic E-state index is 0.0131. The van der Waals surface area contributed by atoms with Gasteiger partial charge in [0.25, 0.3) is 0 Å². The first-order valence-corrected chi connectivity index (χ1v) is 10.6. The highest BCUT2D eigenvalue weighted by Crippen LogP contribution is 2.32. The van der Waals surface area contributed by atoms with E-state index in [1.54, 1.807) is 30.5 Å². The Hall–Kier alpha value is -3.88. The lowest BCUT2D eigenvalue weighted by atomic mass is 9.87. The molecule has 0 spiro atoms. The molecule has 1 aromatic carbocycles. The first-order valence-electron chi connectivity index (χ1n) is 10.6. The Morgan fingerprint density at radius 2 is 1.79 bits per heavy atom. The zero-order valence-electron chi connectivity index (χ0n) is 17.5. The number of carbonyl (C=O) groups is 1. The minimum Gasteiger partial charge on any atom is -0.481 e. The molecule has 0 unspecified atom stereocenters. The van der Waals surface area contributed by atoms with Crippen LogP contribution in [0.4, 0.5) is 8.78 Å². The summed E-state index contributed by atoms with van der Waals surface area (Å²) >= 11 is 0. The number of aliphatic carboxylic acids is 1. The van der Waals surface area contributed by atoms with E-state index in [2.05, 4.69) is 19.9 Å². The Bertz CT molecular complexity index is 1280. The van der Waals surface area contributed by atoms with Gasteiger partial charge in [0.2, 0.25) is 5.88 Å². The van der Waals surface area contributed by atoms with Gasteiger partial charge in [0.15, 0.2) is 5.65 Å². The van der Waals surface area contributed by atoms with E-state index in [0.717, 1.165) is 12.1 Å². The molecule has 1 aliphatic rings. The van der Waals surface area contributed by atoms with Crippen LogP contribution in [-0.4, -0.2) is 37.1 Å². The van der Waals surface area contributed by atoms with Crippen molar-refractivity contribution < 1.29 is 23.4 Å². The van der Waals surface area contributed by atoms with E-state index in [-0.39, 0.29) is 29.0 Å². The Kier molecular flexibility index (Phi) is 5.45. The lowest BCUT2D eigenvalue weighted by Gasteiger charge is -2.26. The van der Waals surface area contributed by atoms with Crippen LogP contribution < -0.4 is 4.74 Å². The number of carboxylic acid groups (broad SMARTS) is 1. The van der Waals surface area contributed by atoms with Crippen LogP contribution in [0, 0.1) is 17.6 Å². The number of fused-ring (bicyclic) bond motifs is 1. The number of halogens is 2. The van der Waals surface area contributed by atoms with Crippen molar-refractivity contribution in [3.63, 3.8) is 0 Å². The first-order chi connectivity index (χ1) is 16.0. The van der Waals surface area contributed by atoms with Gasteiger partial charge in [-0.05, 0) is 56.0 Å². The van der Waals surface area contributed by atoms with E-state index in [1.807, 2.05) is 0 Å². The number of carboxylic acids is 1. The number of aromatic nitrogens is 4. The number of nitrogens with one attached hydrogen (secondary N) is 1. The predicted octanol–water partition coefficient (Wildman–Crippen LogP) is 4.99. The topological polar surface area (TPSA) is 101 Å². The fraction of sp³-hybridized carbons (Fsp3) is 0.250. The van der Waals surface area contributed by atoms with E-state index in [9.17, 15) is 13.6 Å². The van der Waals surface area contributed by atoms with Gasteiger partial charge in [-0.15, -0.1) is 0 Å². The molecule has 9 heteroatoms. The van der Waals surface area contributed by atoms with Gasteiger partial charge in [0.1, 0.15) is 23.6 Å². The molecule has 33 heavy (non-hydrogen) atoms. The Labute approximate surface area is 187 Å². The summed E-state index contributed by atoms with van der Waals surface area (Å²) in [5, 5.41) is 9.09. The highest BCUT2D eigenvalue weighted by molar-refractivity contribution is 5.77. The van der Waals surface area contributed by atoms with Crippen LogP contribution in [0.2, 0.25) is 0 Å². The molecule has 3 heterocycles. The van der Waals surface area contributed by atoms with Gasteiger partial charge in [-0.1, -0.05) is 0 Å². The van der Waals surface area contributed by atoms with Gasteiger partial charge in [-0.2, -0.15) is 0 Å². The second-order valence-electron chi connectivity index (χ2n) is 8.09. The van der Waals surface area contributed by atoms with Gasteiger partial charge in [-0.3, -0.25) is 4.79 Å². The normalized spacial score (nSPS) is 18.4. The maximum atomic E-state index is 14.9. The number of imidazole rings is 1. The van der Waals surface area contributed by atoms with E-state index in [0.29, 0.717) is 48.3 Å². The number of benzene rings is 1. The molecule has 0 bridgehead atoms. The van der Waals surface area contributed by atoms with Gasteiger partial charge in [0, 0.05) is 29.6 Å². The second kappa shape index (κ2) is 8.57. The molecule has 168 valence electrons. The number of pyridine rings is 2. The Morgan fingerprint density at radius 1 is 1.03 bits per heavy atom. The van der Waals surface area contributed by atoms with E-state index in [4.69, 9.17) is 9.84 Å². The van der Waals surface area contributed by atoms with E-state index in [1.165, 1.54) is 6.20 Å². The van der Waals surface area contributed by atoms with Crippen molar-refractivity contribution in [2.24, 2.45) is 5.92 Å². The van der Waals surface area contributed by atoms with Crippen LogP contribution in [0.5, 0.6) is 5.88 Å². The molecule has 5 rings (SSSR count). The highest BCUT2D eigenvalue weighted by Gasteiger charge is 2.27. The van der Waals surface area contributed by atoms with Crippen molar-refractivity contribution >= 4 is 17.1 Å². The lowest BCUT2D eigenvalue weighted by molar-refractivity contribution is -0.143. The van der Waals surface area contributed by atoms with Crippen molar-refractivity contribution in [1.29, 1.82) is 0 Å². The average Bonchev–Trinajstić information content (AvgIpc) is 3.25. The second-order valence-corrected chi connectivity index (χ2v) is 8.09. The molecule has 1 saturated carbocycles. The number of nitrogens with zero attached hydrogens (tertiary/aromatic N) is 3. The predicted molar refractivity (Wildman–Crippen MR) is 116 cm³/mol. The molecule has 1 aliphatic carbocycles. The number of H-pyrrole nitrogens is 1. The first kappa shape index (κ1) is 21.0. The Morgan fingerprint density at radius 3 is 2.48 bits per heavy atom. The molecule has 0 radical (unpaired) electrons. The molecule has 0 aliphatic heterocycles. The zero-order chi connectivity index (χ0) is 22.9. The van der Waals surface area contributed by atoms with Crippen LogP contribution in [0.15, 0.2) is 48.8 Å². The molecule has 0 amide bonds. The van der Waals surface area contributed by atoms with Gasteiger partial charge in [0.05, 0.1) is 17.0 Å². The number of hydrogen-bond acceptors (Lipinski definition) is 5. The summed E-state index contributed by atoms with van der Waals surface area (Å²) in [6, 6.07) is 8.94. The Balaban J connectivity index is 1.33. The highest BCUT2D eigenvalue weighted by atomic mass is 19.1. The molecule has 0 atom stereocenters. The van der Waals surface area contributed by atoms with Gasteiger partial charge in [-0.25, -0.2) is 23.7 Å². The summed E-state index contributed by atoms with van der Waals surface area (Å²) in [5.74, 6) is -1.76. The third-order valence-corrected chi connectivity index (χ3v) is 5.93. The molecule has 1 fully saturated rings. The molecule has 2 N–H and O–H groups in total. The quantitative estimate of drug-likeness (QED) is 0.444. The van der Waals surface area contributed by atoms with Crippen molar-refractivity contribution in [3.05, 3.63) is 60.4 Å². The van der Waals surface area contributed by atoms with Crippen LogP contribution >= 0.6 is 0 Å². The third-order valence-electron chi connectivity index (χ3n) is 5.93. The SMILES string of the molecule is O=C(O)C1CCC(Oc2ccc(-c3cc(F)c(-c4nc5ncccc5[nH]4)cc3F)cn2)CC1. The molecule has 4 aromatic rings. The fourth-order valence-corrected chi connectivity index (χ4v) is 4.13. The monoisotopic (exact) mass is 450 g/mol. The fourth-order valence-electron chi connectivity index (χ4n) is 4.13. The standard InChI is InChI=1S/C24H20F2N4O3/c25-18-11-17(22-29-20-2-1-9-27-23(20)30-22)19(26)10-16(18)14-5-8-21(28-12-14)33-15-6-3-13(4-7-15)24(31)32/h1-2,5,8-13,15H,3-4,6-7H2,(H,31,32)(H,27,29,30). The van der Waals surface area contributed by atoms with E-state index < -0.39 is 17.6 Å². The summed E-state index contributed by atoms with van der Waals surface area (Å²) in [6.07, 6.45) is 5.31. The summed E-state index contributed by atoms with van der Waals surface area (Å²) in [5.41, 5.74) is 1.55. The third kappa shape index (κ3) is 4.26. The van der Waals surface area contributed by atoms with Crippen LogP contribution in [-0.2, 0) is 4.79 Å². The minimum atomic E-state index is -0.770. The molecule has 3 aromatic heterocycles. The molecular formula is C24H20F2N4O3. The van der Waals surface area contributed by atoms with Crippen molar-refractivity contribution in [3.8, 4) is 28.4 Å². The summed E-state index contributed by atoms with van der Waals surface area (Å²) in [6.45, 7) is 0. The van der Waals surface area contributed by atoms with Crippen molar-refractivity contribution in [1.82, 2.24) is 19.9 Å². The number of hydrogen-bond donors (Lipinski definition) is 2. The van der Waals surface area contributed by atoms with Crippen LogP contribution in [0.3, 0.4) is 0 Å². The maximum Gasteiger partial charge on any atom is 0.306 e. The average molecular weight is 450 g/mol. The number of ether oxygens (including phenoxy) is 1. The molecule has 0 saturated heterocycles. The van der Waals surface area contributed by atoms with Crippen LogP contribution in [0.1, 0.15) is 25.7 Å². The lowest BCUT2D eigenvalue weighted by Crippen LogP contribution is -2.28. The van der Waals surface area contributed by atoms with E-state index >= 15 is 0 Å². The maximum absolute atomic E-state index is 14.9. The van der Waals surface area contributed by atoms with Gasteiger partial charge >= 0.3 is 5.97 Å². The largest absolute Gasteiger partial charge is 0.481 e. The summed E-state index contributed by atoms with van der Waals surface area (Å²) in [4.78, 5) is 26.6. The van der Waals surface area contributed by atoms with Crippen molar-refractivity contribution in [2.75, 3.05) is 0 Å².